The van der Waals surface area contributed by atoms with Gasteiger partial charge in [-0.2, -0.15) is 5.21 Å². The molecule has 0 fully saturated rings. The van der Waals surface area contributed by atoms with E-state index in [1.807, 2.05) is 31.2 Å². The molecule has 0 saturated carbocycles. The Morgan fingerprint density at radius 2 is 2.14 bits per heavy atom. The summed E-state index contributed by atoms with van der Waals surface area (Å²) in [7, 11) is 0. The van der Waals surface area contributed by atoms with Crippen LogP contribution in [0.4, 0.5) is 5.69 Å². The minimum absolute atomic E-state index is 0.112. The van der Waals surface area contributed by atoms with Crippen molar-refractivity contribution in [3.05, 3.63) is 35.6 Å². The molecule has 1 aromatic heterocycles. The number of anilines is 1. The average Bonchev–Trinajstić information content (AvgIpc) is 3.02. The van der Waals surface area contributed by atoms with Crippen molar-refractivity contribution in [1.29, 1.82) is 0 Å². The summed E-state index contributed by atoms with van der Waals surface area (Å²) in [5.74, 6) is 1.12. The number of hydrogen-bond donors (Lipinski definition) is 2. The van der Waals surface area contributed by atoms with Crippen LogP contribution in [0.1, 0.15) is 19.8 Å². The SMILES string of the molecule is CC1=C(C(=O)Nc2ccc(-c3nn[nH]n3)cc2)CCCO1. The number of tetrazole rings is 1. The van der Waals surface area contributed by atoms with Crippen LogP contribution < -0.4 is 5.32 Å². The lowest BCUT2D eigenvalue weighted by Crippen LogP contribution is -2.19. The number of nitrogens with one attached hydrogen (secondary N) is 2. The summed E-state index contributed by atoms with van der Waals surface area (Å²) < 4.78 is 5.41. The molecule has 21 heavy (non-hydrogen) atoms. The van der Waals surface area contributed by atoms with Gasteiger partial charge in [-0.15, -0.1) is 10.2 Å². The number of aromatic amines is 1. The standard InChI is InChI=1S/C14H15N5O2/c1-9-12(3-2-8-21-9)14(20)15-11-6-4-10(5-7-11)13-16-18-19-17-13/h4-7H,2-3,8H2,1H3,(H,15,20)(H,16,17,18,19). The molecule has 0 bridgehead atoms. The van der Waals surface area contributed by atoms with Crippen LogP contribution in [0.5, 0.6) is 0 Å². The minimum Gasteiger partial charge on any atom is -0.498 e. The fraction of sp³-hybridized carbons (Fsp3) is 0.286. The van der Waals surface area contributed by atoms with Crippen molar-refractivity contribution in [1.82, 2.24) is 20.6 Å². The predicted octanol–water partition coefficient (Wildman–Crippen LogP) is 1.89. The van der Waals surface area contributed by atoms with Crippen LogP contribution in [-0.2, 0) is 9.53 Å². The van der Waals surface area contributed by atoms with Crippen LogP contribution in [0.3, 0.4) is 0 Å². The van der Waals surface area contributed by atoms with Crippen LogP contribution in [-0.4, -0.2) is 33.1 Å². The van der Waals surface area contributed by atoms with E-state index in [-0.39, 0.29) is 5.91 Å². The van der Waals surface area contributed by atoms with Crippen LogP contribution in [0.25, 0.3) is 11.4 Å². The molecule has 0 saturated heterocycles. The average molecular weight is 285 g/mol. The Balaban J connectivity index is 1.72. The van der Waals surface area contributed by atoms with E-state index in [0.29, 0.717) is 23.8 Å². The summed E-state index contributed by atoms with van der Waals surface area (Å²) in [6, 6.07) is 7.28. The van der Waals surface area contributed by atoms with Crippen LogP contribution in [0.2, 0.25) is 0 Å². The van der Waals surface area contributed by atoms with E-state index >= 15 is 0 Å². The predicted molar refractivity (Wildman–Crippen MR) is 76.1 cm³/mol. The largest absolute Gasteiger partial charge is 0.498 e. The van der Waals surface area contributed by atoms with Crippen molar-refractivity contribution in [2.45, 2.75) is 19.8 Å². The van der Waals surface area contributed by atoms with Crippen molar-refractivity contribution in [3.63, 3.8) is 0 Å². The second kappa shape index (κ2) is 5.74. The molecule has 2 heterocycles. The summed E-state index contributed by atoms with van der Waals surface area (Å²) in [4.78, 5) is 12.2. The molecule has 1 aliphatic heterocycles. The van der Waals surface area contributed by atoms with Crippen molar-refractivity contribution in [3.8, 4) is 11.4 Å². The van der Waals surface area contributed by atoms with Crippen molar-refractivity contribution in [2.75, 3.05) is 11.9 Å². The quantitative estimate of drug-likeness (QED) is 0.898. The Morgan fingerprint density at radius 1 is 1.33 bits per heavy atom. The Labute approximate surface area is 121 Å². The van der Waals surface area contributed by atoms with Crippen LogP contribution >= 0.6 is 0 Å². The van der Waals surface area contributed by atoms with Gasteiger partial charge in [-0.1, -0.05) is 0 Å². The lowest BCUT2D eigenvalue weighted by Gasteiger charge is -2.18. The first kappa shape index (κ1) is 13.3. The Bertz CT molecular complexity index is 661. The molecule has 1 amide bonds. The van der Waals surface area contributed by atoms with Gasteiger partial charge in [0.2, 0.25) is 5.82 Å². The van der Waals surface area contributed by atoms with Gasteiger partial charge in [-0.05, 0) is 49.2 Å². The number of allylic oxidation sites excluding steroid dienone is 1. The molecule has 2 aromatic rings. The Hall–Kier alpha value is -2.70. The first-order valence-electron chi connectivity index (χ1n) is 6.72. The van der Waals surface area contributed by atoms with E-state index in [0.717, 1.165) is 24.1 Å². The lowest BCUT2D eigenvalue weighted by molar-refractivity contribution is -0.113. The second-order valence-corrected chi connectivity index (χ2v) is 4.75. The zero-order valence-electron chi connectivity index (χ0n) is 11.6. The lowest BCUT2D eigenvalue weighted by atomic mass is 10.1. The number of rotatable bonds is 3. The molecule has 1 aliphatic rings. The Morgan fingerprint density at radius 3 is 2.81 bits per heavy atom. The highest BCUT2D eigenvalue weighted by molar-refractivity contribution is 6.04. The molecule has 7 heteroatoms. The van der Waals surface area contributed by atoms with E-state index in [1.54, 1.807) is 0 Å². The van der Waals surface area contributed by atoms with Crippen molar-refractivity contribution in [2.24, 2.45) is 0 Å². The first-order valence-corrected chi connectivity index (χ1v) is 6.72. The smallest absolute Gasteiger partial charge is 0.254 e. The number of carbonyl (C=O) groups excluding carboxylic acids is 1. The number of ether oxygens (including phenoxy) is 1. The molecule has 3 rings (SSSR count). The van der Waals surface area contributed by atoms with E-state index < -0.39 is 0 Å². The molecule has 0 unspecified atom stereocenters. The fourth-order valence-corrected chi connectivity index (χ4v) is 2.20. The topological polar surface area (TPSA) is 92.8 Å². The molecule has 0 atom stereocenters. The molecule has 0 spiro atoms. The third kappa shape index (κ3) is 2.91. The third-order valence-electron chi connectivity index (χ3n) is 3.34. The zero-order chi connectivity index (χ0) is 14.7. The minimum atomic E-state index is -0.112. The molecule has 2 N–H and O–H groups in total. The van der Waals surface area contributed by atoms with E-state index in [2.05, 4.69) is 25.9 Å². The van der Waals surface area contributed by atoms with Crippen molar-refractivity contribution < 1.29 is 9.53 Å². The van der Waals surface area contributed by atoms with E-state index in [9.17, 15) is 4.79 Å². The first-order chi connectivity index (χ1) is 10.2. The number of H-pyrrole nitrogens is 1. The summed E-state index contributed by atoms with van der Waals surface area (Å²) in [5.41, 5.74) is 2.26. The summed E-state index contributed by atoms with van der Waals surface area (Å²) in [5, 5.41) is 16.6. The van der Waals surface area contributed by atoms with Gasteiger partial charge in [0, 0.05) is 11.3 Å². The maximum Gasteiger partial charge on any atom is 0.254 e. The number of amides is 1. The maximum absolute atomic E-state index is 12.2. The highest BCUT2D eigenvalue weighted by Gasteiger charge is 2.17. The highest BCUT2D eigenvalue weighted by atomic mass is 16.5. The van der Waals surface area contributed by atoms with Crippen LogP contribution in [0.15, 0.2) is 35.6 Å². The van der Waals surface area contributed by atoms with Gasteiger partial charge in [0.15, 0.2) is 0 Å². The third-order valence-corrected chi connectivity index (χ3v) is 3.34. The fourth-order valence-electron chi connectivity index (χ4n) is 2.20. The maximum atomic E-state index is 12.2. The van der Waals surface area contributed by atoms with Gasteiger partial charge in [-0.3, -0.25) is 4.79 Å². The molecular weight excluding hydrogens is 270 g/mol. The number of hydrogen-bond acceptors (Lipinski definition) is 5. The highest BCUT2D eigenvalue weighted by Crippen LogP contribution is 2.21. The molecule has 0 radical (unpaired) electrons. The number of benzene rings is 1. The summed E-state index contributed by atoms with van der Waals surface area (Å²) in [6.45, 7) is 2.51. The van der Waals surface area contributed by atoms with Gasteiger partial charge in [0.1, 0.15) is 5.76 Å². The number of carbonyl (C=O) groups is 1. The van der Waals surface area contributed by atoms with Gasteiger partial charge >= 0.3 is 0 Å². The Kier molecular flexibility index (Phi) is 3.63. The van der Waals surface area contributed by atoms with Gasteiger partial charge < -0.3 is 10.1 Å². The number of nitrogens with zero attached hydrogens (tertiary/aromatic N) is 3. The monoisotopic (exact) mass is 285 g/mol. The number of aromatic nitrogens is 4. The van der Waals surface area contributed by atoms with Crippen LogP contribution in [0, 0.1) is 0 Å². The normalized spacial score (nSPS) is 14.7. The molecule has 108 valence electrons. The zero-order valence-corrected chi connectivity index (χ0v) is 11.6. The summed E-state index contributed by atoms with van der Waals surface area (Å²) >= 11 is 0. The molecular formula is C14H15N5O2. The van der Waals surface area contributed by atoms with Gasteiger partial charge in [0.25, 0.3) is 5.91 Å². The molecule has 7 nitrogen and oxygen atoms in total. The molecule has 0 aliphatic carbocycles. The van der Waals surface area contributed by atoms with E-state index in [1.165, 1.54) is 0 Å². The van der Waals surface area contributed by atoms with Gasteiger partial charge in [-0.25, -0.2) is 0 Å². The second-order valence-electron chi connectivity index (χ2n) is 4.75. The van der Waals surface area contributed by atoms with E-state index in [4.69, 9.17) is 4.74 Å². The van der Waals surface area contributed by atoms with Crippen molar-refractivity contribution >= 4 is 11.6 Å². The van der Waals surface area contributed by atoms with Gasteiger partial charge in [0.05, 0.1) is 12.2 Å². The molecule has 1 aromatic carbocycles. The summed E-state index contributed by atoms with van der Waals surface area (Å²) in [6.07, 6.45) is 1.62.